The molecule has 0 N–H and O–H groups in total. The van der Waals surface area contributed by atoms with Crippen molar-refractivity contribution in [3.8, 4) is 0 Å². The van der Waals surface area contributed by atoms with Gasteiger partial charge in [-0.25, -0.2) is 0 Å². The second-order valence-electron chi connectivity index (χ2n) is 4.25. The van der Waals surface area contributed by atoms with Crippen LogP contribution in [0.5, 0.6) is 0 Å². The van der Waals surface area contributed by atoms with Gasteiger partial charge in [0.05, 0.1) is 0 Å². The minimum absolute atomic E-state index is 0.414. The van der Waals surface area contributed by atoms with Gasteiger partial charge >= 0.3 is 0 Å². The van der Waals surface area contributed by atoms with E-state index in [1.807, 2.05) is 12.4 Å². The van der Waals surface area contributed by atoms with Crippen molar-refractivity contribution < 1.29 is 0 Å². The van der Waals surface area contributed by atoms with Crippen LogP contribution in [0.2, 0.25) is 0 Å². The highest BCUT2D eigenvalue weighted by Gasteiger charge is 2.19. The highest BCUT2D eigenvalue weighted by Crippen LogP contribution is 2.37. The van der Waals surface area contributed by atoms with Gasteiger partial charge in [0.25, 0.3) is 0 Å². The number of hydrogen-bond acceptors (Lipinski definition) is 1. The summed E-state index contributed by atoms with van der Waals surface area (Å²) in [6, 6.07) is 10.9. The summed E-state index contributed by atoms with van der Waals surface area (Å²) in [5.74, 6) is 0. The molecule has 1 nitrogen and oxygen atoms in total. The average Bonchev–Trinajstić information content (AvgIpc) is 2.49. The van der Waals surface area contributed by atoms with Crippen LogP contribution >= 0.6 is 9.24 Å². The Bertz CT molecular complexity index is 474. The first-order valence-electron chi connectivity index (χ1n) is 5.62. The van der Waals surface area contributed by atoms with E-state index in [2.05, 4.69) is 44.6 Å². The number of aromatic nitrogens is 1. The van der Waals surface area contributed by atoms with E-state index in [0.29, 0.717) is 5.66 Å². The molecule has 1 aliphatic rings. The predicted octanol–water partition coefficient (Wildman–Crippen LogP) is 3.14. The SMILES string of the molecule is PC1c2ccccc2CCc2cnccc21. The minimum atomic E-state index is 0.414. The van der Waals surface area contributed by atoms with Crippen molar-refractivity contribution in [2.45, 2.75) is 18.5 Å². The van der Waals surface area contributed by atoms with E-state index in [0.717, 1.165) is 12.8 Å². The Balaban J connectivity index is 2.18. The first kappa shape index (κ1) is 9.99. The summed E-state index contributed by atoms with van der Waals surface area (Å²) in [7, 11) is 2.97. The number of rotatable bonds is 0. The standard InChI is InChI=1S/C14H14NP/c16-14-12-4-2-1-3-10(12)5-6-11-9-15-8-7-13(11)14/h1-4,7-9,14H,5-6,16H2. The first-order chi connectivity index (χ1) is 7.86. The summed E-state index contributed by atoms with van der Waals surface area (Å²) in [6.45, 7) is 0. The van der Waals surface area contributed by atoms with Crippen LogP contribution in [0.15, 0.2) is 42.7 Å². The molecule has 1 aromatic carbocycles. The number of pyridine rings is 1. The fourth-order valence-electron chi connectivity index (χ4n) is 2.45. The Morgan fingerprint density at radius 3 is 2.69 bits per heavy atom. The number of hydrogen-bond donors (Lipinski definition) is 0. The summed E-state index contributed by atoms with van der Waals surface area (Å²) < 4.78 is 0. The quantitative estimate of drug-likeness (QED) is 0.630. The molecule has 2 atom stereocenters. The highest BCUT2D eigenvalue weighted by atomic mass is 31.0. The summed E-state index contributed by atoms with van der Waals surface area (Å²) in [4.78, 5) is 4.23. The van der Waals surface area contributed by atoms with E-state index in [-0.39, 0.29) is 0 Å². The van der Waals surface area contributed by atoms with Crippen molar-refractivity contribution in [2.75, 3.05) is 0 Å². The fourth-order valence-corrected chi connectivity index (χ4v) is 3.10. The molecule has 0 radical (unpaired) electrons. The predicted molar refractivity (Wildman–Crippen MR) is 69.6 cm³/mol. The lowest BCUT2D eigenvalue weighted by atomic mass is 10.0. The normalized spacial score (nSPS) is 18.4. The van der Waals surface area contributed by atoms with Crippen molar-refractivity contribution in [3.05, 3.63) is 65.0 Å². The first-order valence-corrected chi connectivity index (χ1v) is 6.29. The van der Waals surface area contributed by atoms with Gasteiger partial charge < -0.3 is 0 Å². The second kappa shape index (κ2) is 3.99. The lowest BCUT2D eigenvalue weighted by molar-refractivity contribution is 0.954. The molecule has 0 aliphatic heterocycles. The lowest BCUT2D eigenvalue weighted by Gasteiger charge is -2.14. The zero-order valence-corrected chi connectivity index (χ0v) is 10.2. The molecule has 2 heteroatoms. The zero-order valence-electron chi connectivity index (χ0n) is 9.06. The Labute approximate surface area is 98.1 Å². The summed E-state index contributed by atoms with van der Waals surface area (Å²) in [6.07, 6.45) is 6.13. The zero-order chi connectivity index (χ0) is 11.0. The van der Waals surface area contributed by atoms with Crippen LogP contribution in [0.4, 0.5) is 0 Å². The molecule has 0 fully saturated rings. The van der Waals surface area contributed by atoms with E-state index >= 15 is 0 Å². The van der Waals surface area contributed by atoms with Crippen LogP contribution in [-0.2, 0) is 12.8 Å². The van der Waals surface area contributed by atoms with Crippen molar-refractivity contribution in [3.63, 3.8) is 0 Å². The topological polar surface area (TPSA) is 12.9 Å². The minimum Gasteiger partial charge on any atom is -0.264 e. The lowest BCUT2D eigenvalue weighted by Crippen LogP contribution is -1.96. The Morgan fingerprint density at radius 2 is 1.75 bits per heavy atom. The van der Waals surface area contributed by atoms with Gasteiger partial charge in [0.15, 0.2) is 0 Å². The second-order valence-corrected chi connectivity index (χ2v) is 4.92. The van der Waals surface area contributed by atoms with Gasteiger partial charge in [0.2, 0.25) is 0 Å². The van der Waals surface area contributed by atoms with Crippen molar-refractivity contribution in [1.29, 1.82) is 0 Å². The molecule has 2 aromatic rings. The van der Waals surface area contributed by atoms with E-state index in [4.69, 9.17) is 0 Å². The van der Waals surface area contributed by atoms with E-state index in [1.54, 1.807) is 0 Å². The number of aryl methyl sites for hydroxylation is 2. The Morgan fingerprint density at radius 1 is 1.00 bits per heavy atom. The smallest absolute Gasteiger partial charge is 0.0303 e. The van der Waals surface area contributed by atoms with Gasteiger partial charge in [0, 0.05) is 18.1 Å². The summed E-state index contributed by atoms with van der Waals surface area (Å²) in [5.41, 5.74) is 6.12. The van der Waals surface area contributed by atoms with Crippen LogP contribution in [0.25, 0.3) is 0 Å². The molecule has 3 rings (SSSR count). The van der Waals surface area contributed by atoms with Crippen LogP contribution in [0.3, 0.4) is 0 Å². The van der Waals surface area contributed by atoms with Gasteiger partial charge in [-0.2, -0.15) is 0 Å². The van der Waals surface area contributed by atoms with Crippen molar-refractivity contribution in [2.24, 2.45) is 0 Å². The maximum atomic E-state index is 4.23. The van der Waals surface area contributed by atoms with Crippen LogP contribution in [0, 0.1) is 0 Å². The van der Waals surface area contributed by atoms with E-state index in [9.17, 15) is 0 Å². The molecule has 80 valence electrons. The molecule has 1 heterocycles. The third kappa shape index (κ3) is 1.56. The largest absolute Gasteiger partial charge is 0.264 e. The summed E-state index contributed by atoms with van der Waals surface area (Å²) >= 11 is 0. The van der Waals surface area contributed by atoms with E-state index < -0.39 is 0 Å². The van der Waals surface area contributed by atoms with Crippen LogP contribution in [-0.4, -0.2) is 4.98 Å². The molecule has 0 amide bonds. The summed E-state index contributed by atoms with van der Waals surface area (Å²) in [5, 5.41) is 0. The van der Waals surface area contributed by atoms with Gasteiger partial charge in [-0.1, -0.05) is 24.3 Å². The molecule has 1 aromatic heterocycles. The maximum absolute atomic E-state index is 4.23. The Hall–Kier alpha value is -1.20. The van der Waals surface area contributed by atoms with Crippen molar-refractivity contribution >= 4 is 9.24 Å². The Kier molecular flexibility index (Phi) is 2.49. The van der Waals surface area contributed by atoms with Crippen LogP contribution in [0.1, 0.15) is 27.9 Å². The molecular formula is C14H14NP. The molecule has 0 saturated heterocycles. The molecular weight excluding hydrogens is 213 g/mol. The molecule has 2 unspecified atom stereocenters. The maximum Gasteiger partial charge on any atom is 0.0303 e. The fraction of sp³-hybridized carbons (Fsp3) is 0.214. The molecule has 0 spiro atoms. The molecule has 16 heavy (non-hydrogen) atoms. The van der Waals surface area contributed by atoms with Gasteiger partial charge in [-0.3, -0.25) is 4.98 Å². The van der Waals surface area contributed by atoms with Gasteiger partial charge in [-0.05, 0) is 41.2 Å². The van der Waals surface area contributed by atoms with Gasteiger partial charge in [0.1, 0.15) is 0 Å². The average molecular weight is 227 g/mol. The monoisotopic (exact) mass is 227 g/mol. The van der Waals surface area contributed by atoms with Gasteiger partial charge in [-0.15, -0.1) is 9.24 Å². The van der Waals surface area contributed by atoms with E-state index in [1.165, 1.54) is 22.3 Å². The molecule has 0 bridgehead atoms. The number of benzene rings is 1. The third-order valence-electron chi connectivity index (χ3n) is 3.33. The molecule has 0 saturated carbocycles. The van der Waals surface area contributed by atoms with Crippen molar-refractivity contribution in [1.82, 2.24) is 4.98 Å². The molecule has 1 aliphatic carbocycles. The highest BCUT2D eigenvalue weighted by molar-refractivity contribution is 7.17. The van der Waals surface area contributed by atoms with Crippen LogP contribution < -0.4 is 0 Å². The third-order valence-corrected chi connectivity index (χ3v) is 4.05. The number of nitrogens with zero attached hydrogens (tertiary/aromatic N) is 1. The number of fused-ring (bicyclic) bond motifs is 2.